The number of halogens is 1. The maximum absolute atomic E-state index is 11.8. The van der Waals surface area contributed by atoms with E-state index >= 15 is 0 Å². The van der Waals surface area contributed by atoms with Crippen LogP contribution in [0.2, 0.25) is 0 Å². The molecule has 1 unspecified atom stereocenters. The zero-order valence-electron chi connectivity index (χ0n) is 10.5. The van der Waals surface area contributed by atoms with E-state index in [1.54, 1.807) is 12.1 Å². The molecule has 1 aromatic carbocycles. The Morgan fingerprint density at radius 2 is 2.06 bits per heavy atom. The zero-order chi connectivity index (χ0) is 13.8. The van der Waals surface area contributed by atoms with Crippen molar-refractivity contribution in [2.75, 3.05) is 6.61 Å². The van der Waals surface area contributed by atoms with E-state index in [2.05, 4.69) is 15.9 Å². The molecule has 0 heterocycles. The number of aromatic hydroxyl groups is 1. The van der Waals surface area contributed by atoms with Crippen molar-refractivity contribution in [2.24, 2.45) is 0 Å². The number of phenols is 1. The summed E-state index contributed by atoms with van der Waals surface area (Å²) in [6.45, 7) is 4.07. The SMILES string of the molecule is CCCOP(=O)(O)Cc1cc(Br)c(O)c(CC)c1. The average Bonchev–Trinajstić information content (AvgIpc) is 2.30. The van der Waals surface area contributed by atoms with Crippen LogP contribution < -0.4 is 0 Å². The monoisotopic (exact) mass is 336 g/mol. The first-order valence-electron chi connectivity index (χ1n) is 5.86. The smallest absolute Gasteiger partial charge is 0.332 e. The normalized spacial score (nSPS) is 14.4. The lowest BCUT2D eigenvalue weighted by Gasteiger charge is -2.13. The van der Waals surface area contributed by atoms with Gasteiger partial charge >= 0.3 is 7.60 Å². The summed E-state index contributed by atoms with van der Waals surface area (Å²) in [6, 6.07) is 3.38. The molecule has 0 amide bonds. The van der Waals surface area contributed by atoms with Crippen molar-refractivity contribution in [1.82, 2.24) is 0 Å². The van der Waals surface area contributed by atoms with E-state index in [0.29, 0.717) is 22.9 Å². The van der Waals surface area contributed by atoms with Crippen LogP contribution in [0.3, 0.4) is 0 Å². The molecular formula is C12H18BrO4P. The predicted octanol–water partition coefficient (Wildman–Crippen LogP) is 3.83. The molecule has 0 aliphatic heterocycles. The average molecular weight is 337 g/mol. The molecular weight excluding hydrogens is 319 g/mol. The molecule has 1 rings (SSSR count). The van der Waals surface area contributed by atoms with Crippen LogP contribution in [0, 0.1) is 0 Å². The van der Waals surface area contributed by atoms with Gasteiger partial charge in [-0.2, -0.15) is 0 Å². The van der Waals surface area contributed by atoms with Crippen molar-refractivity contribution in [2.45, 2.75) is 32.9 Å². The molecule has 0 bridgehead atoms. The molecule has 1 atom stereocenters. The van der Waals surface area contributed by atoms with E-state index in [4.69, 9.17) is 4.52 Å². The Morgan fingerprint density at radius 3 is 2.61 bits per heavy atom. The predicted molar refractivity (Wildman–Crippen MR) is 75.0 cm³/mol. The third-order valence-corrected chi connectivity index (χ3v) is 4.42. The van der Waals surface area contributed by atoms with E-state index in [1.807, 2.05) is 13.8 Å². The molecule has 0 aliphatic carbocycles. The molecule has 6 heteroatoms. The van der Waals surface area contributed by atoms with Gasteiger partial charge in [-0.15, -0.1) is 0 Å². The van der Waals surface area contributed by atoms with Gasteiger partial charge in [0.25, 0.3) is 0 Å². The first-order chi connectivity index (χ1) is 8.39. The van der Waals surface area contributed by atoms with Crippen molar-refractivity contribution in [3.05, 3.63) is 27.7 Å². The van der Waals surface area contributed by atoms with Crippen LogP contribution >= 0.6 is 23.5 Å². The van der Waals surface area contributed by atoms with E-state index in [0.717, 1.165) is 5.56 Å². The molecule has 0 saturated carbocycles. The van der Waals surface area contributed by atoms with E-state index < -0.39 is 7.60 Å². The first-order valence-corrected chi connectivity index (χ1v) is 8.41. The van der Waals surface area contributed by atoms with Crippen molar-refractivity contribution < 1.29 is 19.1 Å². The quantitative estimate of drug-likeness (QED) is 0.775. The Hall–Kier alpha value is -0.350. The molecule has 2 N–H and O–H groups in total. The lowest BCUT2D eigenvalue weighted by Crippen LogP contribution is -1.96. The van der Waals surface area contributed by atoms with Crippen LogP contribution in [0.15, 0.2) is 16.6 Å². The lowest BCUT2D eigenvalue weighted by molar-refractivity contribution is 0.259. The molecule has 1 aromatic rings. The van der Waals surface area contributed by atoms with E-state index in [1.165, 1.54) is 0 Å². The summed E-state index contributed by atoms with van der Waals surface area (Å²) in [5, 5.41) is 9.75. The molecule has 0 aliphatic rings. The summed E-state index contributed by atoms with van der Waals surface area (Å²) < 4.78 is 17.3. The zero-order valence-corrected chi connectivity index (χ0v) is 13.0. The maximum atomic E-state index is 11.8. The summed E-state index contributed by atoms with van der Waals surface area (Å²) in [6.07, 6.45) is 1.31. The molecule has 0 spiro atoms. The second kappa shape index (κ2) is 6.71. The Kier molecular flexibility index (Phi) is 5.86. The summed E-state index contributed by atoms with van der Waals surface area (Å²) in [5.41, 5.74) is 1.42. The van der Waals surface area contributed by atoms with Crippen LogP contribution in [0.5, 0.6) is 5.75 Å². The van der Waals surface area contributed by atoms with Gasteiger partial charge in [0.2, 0.25) is 0 Å². The Morgan fingerprint density at radius 1 is 1.39 bits per heavy atom. The fraction of sp³-hybridized carbons (Fsp3) is 0.500. The number of benzene rings is 1. The van der Waals surface area contributed by atoms with Gasteiger partial charge in [-0.05, 0) is 46.0 Å². The molecule has 0 radical (unpaired) electrons. The number of phenolic OH excluding ortho intramolecular Hbond substituents is 1. The fourth-order valence-corrected chi connectivity index (χ4v) is 3.34. The van der Waals surface area contributed by atoms with Gasteiger partial charge in [-0.25, -0.2) is 0 Å². The lowest BCUT2D eigenvalue weighted by atomic mass is 10.1. The van der Waals surface area contributed by atoms with Gasteiger partial charge in [-0.1, -0.05) is 19.9 Å². The summed E-state index contributed by atoms with van der Waals surface area (Å²) in [4.78, 5) is 9.68. The van der Waals surface area contributed by atoms with Gasteiger partial charge in [0, 0.05) is 0 Å². The van der Waals surface area contributed by atoms with Crippen molar-refractivity contribution in [1.29, 1.82) is 0 Å². The molecule has 4 nitrogen and oxygen atoms in total. The summed E-state index contributed by atoms with van der Waals surface area (Å²) in [5.74, 6) is 0.184. The van der Waals surface area contributed by atoms with Crippen molar-refractivity contribution >= 4 is 23.5 Å². The molecule has 0 fully saturated rings. The van der Waals surface area contributed by atoms with E-state index in [9.17, 15) is 14.6 Å². The summed E-state index contributed by atoms with van der Waals surface area (Å²) >= 11 is 3.24. The minimum absolute atomic E-state index is 0.0428. The number of hydrogen-bond donors (Lipinski definition) is 2. The highest BCUT2D eigenvalue weighted by Crippen LogP contribution is 2.46. The Labute approximate surface area is 116 Å². The van der Waals surface area contributed by atoms with Crippen LogP contribution in [-0.2, 0) is 21.7 Å². The van der Waals surface area contributed by atoms with Crippen LogP contribution in [-0.4, -0.2) is 16.6 Å². The third kappa shape index (κ3) is 4.39. The van der Waals surface area contributed by atoms with Crippen LogP contribution in [0.25, 0.3) is 0 Å². The second-order valence-corrected chi connectivity index (χ2v) is 6.77. The highest BCUT2D eigenvalue weighted by Gasteiger charge is 2.21. The summed E-state index contributed by atoms with van der Waals surface area (Å²) in [7, 11) is -3.60. The van der Waals surface area contributed by atoms with Crippen molar-refractivity contribution in [3.63, 3.8) is 0 Å². The minimum atomic E-state index is -3.60. The minimum Gasteiger partial charge on any atom is -0.506 e. The third-order valence-electron chi connectivity index (χ3n) is 2.46. The number of rotatable bonds is 6. The highest BCUT2D eigenvalue weighted by molar-refractivity contribution is 9.10. The first kappa shape index (κ1) is 15.7. The van der Waals surface area contributed by atoms with Gasteiger partial charge in [0.15, 0.2) is 0 Å². The Balaban J connectivity index is 2.91. The Bertz CT molecular complexity index is 462. The van der Waals surface area contributed by atoms with Crippen LogP contribution in [0.4, 0.5) is 0 Å². The van der Waals surface area contributed by atoms with Gasteiger partial charge in [-0.3, -0.25) is 4.57 Å². The topological polar surface area (TPSA) is 66.8 Å². The number of aryl methyl sites for hydroxylation is 1. The standard InChI is InChI=1S/C12H18BrO4P/c1-3-5-17-18(15,16)8-9-6-10(4-2)12(14)11(13)7-9/h6-7,14H,3-5,8H2,1-2H3,(H,15,16). The van der Waals surface area contributed by atoms with E-state index in [-0.39, 0.29) is 18.5 Å². The molecule has 0 aromatic heterocycles. The fourth-order valence-electron chi connectivity index (χ4n) is 1.59. The largest absolute Gasteiger partial charge is 0.506 e. The van der Waals surface area contributed by atoms with Gasteiger partial charge in [0.1, 0.15) is 5.75 Å². The van der Waals surface area contributed by atoms with Crippen molar-refractivity contribution in [3.8, 4) is 5.75 Å². The molecule has 102 valence electrons. The van der Waals surface area contributed by atoms with Gasteiger partial charge < -0.3 is 14.5 Å². The second-order valence-electron chi connectivity index (χ2n) is 4.07. The maximum Gasteiger partial charge on any atom is 0.332 e. The highest BCUT2D eigenvalue weighted by atomic mass is 79.9. The number of hydrogen-bond acceptors (Lipinski definition) is 3. The van der Waals surface area contributed by atoms with Crippen LogP contribution in [0.1, 0.15) is 31.4 Å². The molecule has 0 saturated heterocycles. The molecule has 18 heavy (non-hydrogen) atoms. The van der Waals surface area contributed by atoms with Gasteiger partial charge in [0.05, 0.1) is 17.2 Å².